The Morgan fingerprint density at radius 1 is 1.05 bits per heavy atom. The molecule has 0 heterocycles. The first-order chi connectivity index (χ1) is 9.64. The van der Waals surface area contributed by atoms with Gasteiger partial charge in [0.05, 0.1) is 0 Å². The third kappa shape index (κ3) is 1.96. The molecule has 0 spiro atoms. The molecule has 4 bridgehead atoms. The van der Waals surface area contributed by atoms with Crippen LogP contribution in [0.5, 0.6) is 5.75 Å². The summed E-state index contributed by atoms with van der Waals surface area (Å²) in [7, 11) is 0. The Labute approximate surface area is 121 Å². The molecule has 4 saturated carbocycles. The lowest BCUT2D eigenvalue weighted by Crippen LogP contribution is -2.55. The first kappa shape index (κ1) is 12.7. The van der Waals surface area contributed by atoms with Crippen molar-refractivity contribution < 1.29 is 5.11 Å². The number of hydrogen-bond acceptors (Lipinski definition) is 2. The van der Waals surface area contributed by atoms with Crippen molar-refractivity contribution >= 4 is 0 Å². The molecule has 0 radical (unpaired) electrons. The predicted molar refractivity (Wildman–Crippen MR) is 80.4 cm³/mol. The standard InChI is InChI=1S/C18H25NO/c19-17(8-15-3-1-2-4-16(15)20)18-9-12-5-13(10-18)7-14(6-12)11-18/h1-4,12-14,17,20H,5-11,19H2. The van der Waals surface area contributed by atoms with Gasteiger partial charge in [-0.05, 0) is 79.7 Å². The van der Waals surface area contributed by atoms with Gasteiger partial charge in [0.25, 0.3) is 0 Å². The molecule has 1 aromatic rings. The summed E-state index contributed by atoms with van der Waals surface area (Å²) in [5.74, 6) is 3.23. The van der Waals surface area contributed by atoms with Crippen LogP contribution in [0, 0.1) is 23.2 Å². The normalized spacial score (nSPS) is 40.0. The molecule has 0 amide bonds. The molecule has 20 heavy (non-hydrogen) atoms. The van der Waals surface area contributed by atoms with Crippen molar-refractivity contribution in [2.75, 3.05) is 0 Å². The van der Waals surface area contributed by atoms with Crippen LogP contribution in [-0.4, -0.2) is 11.1 Å². The molecule has 1 unspecified atom stereocenters. The van der Waals surface area contributed by atoms with E-state index >= 15 is 0 Å². The maximum atomic E-state index is 9.99. The average molecular weight is 271 g/mol. The van der Waals surface area contributed by atoms with Gasteiger partial charge in [0.1, 0.15) is 5.75 Å². The summed E-state index contributed by atoms with van der Waals surface area (Å²) in [5, 5.41) is 9.99. The van der Waals surface area contributed by atoms with E-state index in [1.165, 1.54) is 38.5 Å². The number of phenols is 1. The molecule has 0 aromatic heterocycles. The van der Waals surface area contributed by atoms with Crippen LogP contribution in [0.4, 0.5) is 0 Å². The largest absolute Gasteiger partial charge is 0.508 e. The van der Waals surface area contributed by atoms with Gasteiger partial charge in [-0.15, -0.1) is 0 Å². The first-order valence-electron chi connectivity index (χ1n) is 8.17. The molecule has 1 atom stereocenters. The second kappa shape index (κ2) is 4.49. The number of phenolic OH excluding ortho intramolecular Hbond substituents is 1. The lowest BCUT2D eigenvalue weighted by molar-refractivity contribution is -0.0668. The summed E-state index contributed by atoms with van der Waals surface area (Å²) >= 11 is 0. The fraction of sp³-hybridized carbons (Fsp3) is 0.667. The predicted octanol–water partition coefficient (Wildman–Crippen LogP) is 3.48. The SMILES string of the molecule is NC(Cc1ccccc1O)C12CC3CC(CC(C3)C1)C2. The van der Waals surface area contributed by atoms with Crippen LogP contribution >= 0.6 is 0 Å². The summed E-state index contributed by atoms with van der Waals surface area (Å²) < 4.78 is 0. The zero-order valence-corrected chi connectivity index (χ0v) is 12.1. The highest BCUT2D eigenvalue weighted by atomic mass is 16.3. The van der Waals surface area contributed by atoms with E-state index < -0.39 is 0 Å². The molecular weight excluding hydrogens is 246 g/mol. The van der Waals surface area contributed by atoms with Gasteiger partial charge < -0.3 is 10.8 Å². The average Bonchev–Trinajstić information content (AvgIpc) is 2.40. The zero-order valence-electron chi connectivity index (χ0n) is 12.1. The van der Waals surface area contributed by atoms with Crippen LogP contribution in [0.1, 0.15) is 44.1 Å². The Bertz CT molecular complexity index is 475. The third-order valence-electron chi connectivity index (χ3n) is 6.30. The molecule has 1 aromatic carbocycles. The van der Waals surface area contributed by atoms with Gasteiger partial charge >= 0.3 is 0 Å². The Kier molecular flexibility index (Phi) is 2.85. The van der Waals surface area contributed by atoms with Crippen molar-refractivity contribution in [3.8, 4) is 5.75 Å². The van der Waals surface area contributed by atoms with Crippen LogP contribution in [0.3, 0.4) is 0 Å². The fourth-order valence-corrected chi connectivity index (χ4v) is 5.77. The van der Waals surface area contributed by atoms with E-state index in [9.17, 15) is 5.11 Å². The van der Waals surface area contributed by atoms with E-state index in [1.54, 1.807) is 6.07 Å². The van der Waals surface area contributed by atoms with Crippen molar-refractivity contribution in [1.29, 1.82) is 0 Å². The highest BCUT2D eigenvalue weighted by molar-refractivity contribution is 5.32. The highest BCUT2D eigenvalue weighted by Gasteiger charge is 2.53. The minimum absolute atomic E-state index is 0.212. The Morgan fingerprint density at radius 3 is 2.15 bits per heavy atom. The van der Waals surface area contributed by atoms with E-state index in [2.05, 4.69) is 0 Å². The molecule has 0 saturated heterocycles. The molecule has 5 rings (SSSR count). The van der Waals surface area contributed by atoms with Gasteiger partial charge in [-0.1, -0.05) is 18.2 Å². The lowest BCUT2D eigenvalue weighted by atomic mass is 9.47. The molecule has 2 nitrogen and oxygen atoms in total. The molecule has 0 aliphatic heterocycles. The van der Waals surface area contributed by atoms with E-state index in [-0.39, 0.29) is 6.04 Å². The van der Waals surface area contributed by atoms with Crippen LogP contribution in [0.2, 0.25) is 0 Å². The summed E-state index contributed by atoms with van der Waals surface area (Å²) in [6.07, 6.45) is 9.24. The Balaban J connectivity index is 1.56. The van der Waals surface area contributed by atoms with Crippen molar-refractivity contribution in [3.05, 3.63) is 29.8 Å². The first-order valence-corrected chi connectivity index (χ1v) is 8.17. The topological polar surface area (TPSA) is 46.2 Å². The van der Waals surface area contributed by atoms with Crippen LogP contribution < -0.4 is 5.73 Å². The minimum Gasteiger partial charge on any atom is -0.508 e. The maximum Gasteiger partial charge on any atom is 0.118 e. The van der Waals surface area contributed by atoms with Crippen molar-refractivity contribution in [2.45, 2.75) is 51.0 Å². The van der Waals surface area contributed by atoms with E-state index in [4.69, 9.17) is 5.73 Å². The maximum absolute atomic E-state index is 9.99. The molecule has 2 heteroatoms. The second-order valence-electron chi connectivity index (χ2n) is 7.72. The second-order valence-corrected chi connectivity index (χ2v) is 7.72. The lowest BCUT2D eigenvalue weighted by Gasteiger charge is -2.59. The minimum atomic E-state index is 0.212. The number of rotatable bonds is 3. The van der Waals surface area contributed by atoms with Gasteiger partial charge in [-0.3, -0.25) is 0 Å². The van der Waals surface area contributed by atoms with Gasteiger partial charge in [-0.2, -0.15) is 0 Å². The molecule has 4 aliphatic carbocycles. The monoisotopic (exact) mass is 271 g/mol. The highest BCUT2D eigenvalue weighted by Crippen LogP contribution is 2.61. The zero-order chi connectivity index (χ0) is 13.7. The number of para-hydroxylation sites is 1. The summed E-state index contributed by atoms with van der Waals surface area (Å²) in [6.45, 7) is 0. The summed E-state index contributed by atoms with van der Waals surface area (Å²) in [4.78, 5) is 0. The van der Waals surface area contributed by atoms with Crippen LogP contribution in [-0.2, 0) is 6.42 Å². The van der Waals surface area contributed by atoms with E-state index in [0.717, 1.165) is 29.7 Å². The summed E-state index contributed by atoms with van der Waals surface area (Å²) in [5.41, 5.74) is 8.06. The van der Waals surface area contributed by atoms with Crippen molar-refractivity contribution in [2.24, 2.45) is 28.9 Å². The van der Waals surface area contributed by atoms with E-state index in [0.29, 0.717) is 11.2 Å². The Morgan fingerprint density at radius 2 is 1.60 bits per heavy atom. The number of hydrogen-bond donors (Lipinski definition) is 2. The smallest absolute Gasteiger partial charge is 0.118 e. The third-order valence-corrected chi connectivity index (χ3v) is 6.30. The summed E-state index contributed by atoms with van der Waals surface area (Å²) in [6, 6.07) is 7.90. The van der Waals surface area contributed by atoms with Gasteiger partial charge in [0.2, 0.25) is 0 Å². The van der Waals surface area contributed by atoms with E-state index in [1.807, 2.05) is 18.2 Å². The Hall–Kier alpha value is -1.02. The molecular formula is C18H25NO. The van der Waals surface area contributed by atoms with Crippen LogP contribution in [0.15, 0.2) is 24.3 Å². The van der Waals surface area contributed by atoms with Crippen LogP contribution in [0.25, 0.3) is 0 Å². The number of nitrogens with two attached hydrogens (primary N) is 1. The fourth-order valence-electron chi connectivity index (χ4n) is 5.77. The molecule has 4 fully saturated rings. The quantitative estimate of drug-likeness (QED) is 0.884. The number of benzene rings is 1. The van der Waals surface area contributed by atoms with Gasteiger partial charge in [0, 0.05) is 6.04 Å². The number of aromatic hydroxyl groups is 1. The molecule has 4 aliphatic rings. The van der Waals surface area contributed by atoms with Crippen molar-refractivity contribution in [1.82, 2.24) is 0 Å². The van der Waals surface area contributed by atoms with Gasteiger partial charge in [-0.25, -0.2) is 0 Å². The molecule has 108 valence electrons. The molecule has 3 N–H and O–H groups in total. The van der Waals surface area contributed by atoms with Gasteiger partial charge in [0.15, 0.2) is 0 Å². The van der Waals surface area contributed by atoms with Crippen molar-refractivity contribution in [3.63, 3.8) is 0 Å².